The van der Waals surface area contributed by atoms with Crippen molar-refractivity contribution in [3.05, 3.63) is 41.9 Å². The van der Waals surface area contributed by atoms with E-state index >= 15 is 0 Å². The monoisotopic (exact) mass is 240 g/mol. The quantitative estimate of drug-likeness (QED) is 0.610. The van der Waals surface area contributed by atoms with Crippen LogP contribution in [0.5, 0.6) is 0 Å². The molecule has 0 unspecified atom stereocenters. The van der Waals surface area contributed by atoms with Gasteiger partial charge in [-0.05, 0) is 23.4 Å². The summed E-state index contributed by atoms with van der Waals surface area (Å²) in [6, 6.07) is 3.88. The molecule has 3 heterocycles. The minimum Gasteiger partial charge on any atom is -0.261 e. The third-order valence-corrected chi connectivity index (χ3v) is 3.09. The number of fused-ring (bicyclic) bond motifs is 1. The normalized spacial score (nSPS) is 10.1. The van der Waals surface area contributed by atoms with Crippen molar-refractivity contribution in [2.24, 2.45) is 0 Å². The highest BCUT2D eigenvalue weighted by molar-refractivity contribution is 7.16. The van der Waals surface area contributed by atoms with Gasteiger partial charge in [0, 0.05) is 17.8 Å². The van der Waals surface area contributed by atoms with E-state index in [2.05, 4.69) is 26.9 Å². The Balaban J connectivity index is 1.90. The van der Waals surface area contributed by atoms with E-state index in [0.29, 0.717) is 6.54 Å². The van der Waals surface area contributed by atoms with Gasteiger partial charge in [0.15, 0.2) is 0 Å². The molecule has 0 N–H and O–H groups in total. The summed E-state index contributed by atoms with van der Waals surface area (Å²) in [6.07, 6.45) is 5.18. The fourth-order valence-electron chi connectivity index (χ4n) is 1.49. The fourth-order valence-corrected chi connectivity index (χ4v) is 2.22. The van der Waals surface area contributed by atoms with Gasteiger partial charge < -0.3 is 0 Å². The predicted molar refractivity (Wildman–Crippen MR) is 66.5 cm³/mol. The van der Waals surface area contributed by atoms with Gasteiger partial charge in [0.05, 0.1) is 0 Å². The van der Waals surface area contributed by atoms with Crippen LogP contribution in [0.25, 0.3) is 10.2 Å². The van der Waals surface area contributed by atoms with Crippen LogP contribution in [0.3, 0.4) is 0 Å². The smallest absolute Gasteiger partial charge is 0.127 e. The molecule has 0 saturated carbocycles. The molecule has 0 bridgehead atoms. The van der Waals surface area contributed by atoms with Crippen molar-refractivity contribution in [3.8, 4) is 11.8 Å². The first-order chi connectivity index (χ1) is 8.43. The van der Waals surface area contributed by atoms with Crippen LogP contribution < -0.4 is 0 Å². The van der Waals surface area contributed by atoms with E-state index in [4.69, 9.17) is 0 Å². The molecule has 0 radical (unpaired) electrons. The summed E-state index contributed by atoms with van der Waals surface area (Å²) in [4.78, 5) is 9.35. The van der Waals surface area contributed by atoms with Crippen LogP contribution in [0.1, 0.15) is 5.69 Å². The number of hydrogen-bond acceptors (Lipinski definition) is 4. The molecule has 17 heavy (non-hydrogen) atoms. The van der Waals surface area contributed by atoms with Gasteiger partial charge in [0.1, 0.15) is 23.4 Å². The van der Waals surface area contributed by atoms with Gasteiger partial charge in [-0.1, -0.05) is 5.92 Å². The van der Waals surface area contributed by atoms with Crippen molar-refractivity contribution in [1.29, 1.82) is 0 Å². The van der Waals surface area contributed by atoms with Gasteiger partial charge in [-0.25, -0.2) is 9.97 Å². The summed E-state index contributed by atoms with van der Waals surface area (Å²) in [5.74, 6) is 6.11. The van der Waals surface area contributed by atoms with Crippen molar-refractivity contribution < 1.29 is 0 Å². The van der Waals surface area contributed by atoms with Gasteiger partial charge in [-0.3, -0.25) is 4.68 Å². The van der Waals surface area contributed by atoms with E-state index in [9.17, 15) is 0 Å². The molecule has 82 valence electrons. The summed E-state index contributed by atoms with van der Waals surface area (Å²) in [7, 11) is 0. The minimum absolute atomic E-state index is 0.572. The number of thiophene rings is 1. The van der Waals surface area contributed by atoms with Crippen LogP contribution in [0.4, 0.5) is 0 Å². The molecule has 5 heteroatoms. The van der Waals surface area contributed by atoms with E-state index in [-0.39, 0.29) is 0 Å². The SMILES string of the molecule is C(#Cc1ncnc2sccc12)Cn1cccn1. The lowest BCUT2D eigenvalue weighted by atomic mass is 10.3. The Morgan fingerprint density at radius 3 is 3.24 bits per heavy atom. The first-order valence-electron chi connectivity index (χ1n) is 5.08. The molecular weight excluding hydrogens is 232 g/mol. The van der Waals surface area contributed by atoms with E-state index in [1.807, 2.05) is 23.7 Å². The zero-order valence-electron chi connectivity index (χ0n) is 8.87. The number of rotatable bonds is 1. The minimum atomic E-state index is 0.572. The van der Waals surface area contributed by atoms with Gasteiger partial charge in [-0.2, -0.15) is 5.10 Å². The molecule has 4 nitrogen and oxygen atoms in total. The maximum atomic E-state index is 4.19. The third kappa shape index (κ3) is 2.03. The summed E-state index contributed by atoms with van der Waals surface area (Å²) in [6.45, 7) is 0.572. The van der Waals surface area contributed by atoms with Crippen LogP contribution in [0.2, 0.25) is 0 Å². The summed E-state index contributed by atoms with van der Waals surface area (Å²) in [5.41, 5.74) is 0.781. The Kier molecular flexibility index (Phi) is 2.56. The molecule has 0 aromatic carbocycles. The van der Waals surface area contributed by atoms with Gasteiger partial charge >= 0.3 is 0 Å². The number of nitrogens with zero attached hydrogens (tertiary/aromatic N) is 4. The zero-order valence-corrected chi connectivity index (χ0v) is 9.68. The Bertz CT molecular complexity index is 688. The Labute approximate surface area is 102 Å². The average molecular weight is 240 g/mol. The highest BCUT2D eigenvalue weighted by Crippen LogP contribution is 2.19. The molecule has 0 aliphatic heterocycles. The standard InChI is InChI=1S/C12H8N4S/c1(6-16-7-2-5-15-16)3-11-10-4-8-17-12(10)14-9-13-11/h2,4-5,7-9H,6H2. The first-order valence-corrected chi connectivity index (χ1v) is 5.96. The van der Waals surface area contributed by atoms with Gasteiger partial charge in [0.25, 0.3) is 0 Å². The highest BCUT2D eigenvalue weighted by atomic mass is 32.1. The topological polar surface area (TPSA) is 43.6 Å². The van der Waals surface area contributed by atoms with Crippen molar-refractivity contribution in [2.45, 2.75) is 6.54 Å². The third-order valence-electron chi connectivity index (χ3n) is 2.27. The molecule has 0 amide bonds. The van der Waals surface area contributed by atoms with E-state index < -0.39 is 0 Å². The molecule has 0 aliphatic rings. The van der Waals surface area contributed by atoms with Crippen LogP contribution in [0, 0.1) is 11.8 Å². The molecule has 3 aromatic rings. The molecular formula is C12H8N4S. The highest BCUT2D eigenvalue weighted by Gasteiger charge is 2.00. The largest absolute Gasteiger partial charge is 0.261 e. The Hall–Kier alpha value is -2.19. The van der Waals surface area contributed by atoms with Crippen molar-refractivity contribution in [1.82, 2.24) is 19.7 Å². The van der Waals surface area contributed by atoms with Crippen LogP contribution in [-0.2, 0) is 6.54 Å². The summed E-state index contributed by atoms with van der Waals surface area (Å²) in [5, 5.41) is 7.10. The lowest BCUT2D eigenvalue weighted by molar-refractivity contribution is 0.715. The predicted octanol–water partition coefficient (Wildman–Crippen LogP) is 1.94. The number of hydrogen-bond donors (Lipinski definition) is 0. The van der Waals surface area contributed by atoms with Crippen LogP contribution in [-0.4, -0.2) is 19.7 Å². The summed E-state index contributed by atoms with van der Waals surface area (Å²) < 4.78 is 1.78. The van der Waals surface area contributed by atoms with E-state index in [1.165, 1.54) is 0 Å². The average Bonchev–Trinajstić information content (AvgIpc) is 2.99. The lowest BCUT2D eigenvalue weighted by Crippen LogP contribution is -1.95. The van der Waals surface area contributed by atoms with Crippen molar-refractivity contribution >= 4 is 21.6 Å². The second-order valence-electron chi connectivity index (χ2n) is 3.37. The molecule has 0 aliphatic carbocycles. The Morgan fingerprint density at radius 1 is 1.35 bits per heavy atom. The van der Waals surface area contributed by atoms with Crippen LogP contribution >= 0.6 is 11.3 Å². The summed E-state index contributed by atoms with van der Waals surface area (Å²) >= 11 is 1.60. The molecule has 3 aromatic heterocycles. The Morgan fingerprint density at radius 2 is 2.35 bits per heavy atom. The van der Waals surface area contributed by atoms with Gasteiger partial charge in [0.2, 0.25) is 0 Å². The van der Waals surface area contributed by atoms with Crippen molar-refractivity contribution in [2.75, 3.05) is 0 Å². The van der Waals surface area contributed by atoms with Gasteiger partial charge in [-0.15, -0.1) is 11.3 Å². The first kappa shape index (κ1) is 10.00. The van der Waals surface area contributed by atoms with Crippen molar-refractivity contribution in [3.63, 3.8) is 0 Å². The molecule has 3 rings (SSSR count). The molecule has 0 spiro atoms. The second kappa shape index (κ2) is 4.36. The van der Waals surface area contributed by atoms with E-state index in [0.717, 1.165) is 15.9 Å². The molecule has 0 atom stereocenters. The van der Waals surface area contributed by atoms with E-state index in [1.54, 1.807) is 28.5 Å². The lowest BCUT2D eigenvalue weighted by Gasteiger charge is -1.92. The number of aromatic nitrogens is 4. The maximum Gasteiger partial charge on any atom is 0.127 e. The van der Waals surface area contributed by atoms with Crippen LogP contribution in [0.15, 0.2) is 36.2 Å². The fraction of sp³-hybridized carbons (Fsp3) is 0.0833. The maximum absolute atomic E-state index is 4.19. The molecule has 0 saturated heterocycles. The second-order valence-corrected chi connectivity index (χ2v) is 4.26. The molecule has 0 fully saturated rings. The zero-order chi connectivity index (χ0) is 11.5.